The van der Waals surface area contributed by atoms with Gasteiger partial charge in [0.1, 0.15) is 5.82 Å². The Morgan fingerprint density at radius 1 is 1.39 bits per heavy atom. The first-order valence-electron chi connectivity index (χ1n) is 6.03. The van der Waals surface area contributed by atoms with E-state index in [-0.39, 0.29) is 12.6 Å². The van der Waals surface area contributed by atoms with Crippen LogP contribution in [0, 0.1) is 0 Å². The zero-order valence-corrected chi connectivity index (χ0v) is 11.3. The summed E-state index contributed by atoms with van der Waals surface area (Å²) in [5.41, 5.74) is 0.816. The number of hydrogen-bond acceptors (Lipinski definition) is 5. The van der Waals surface area contributed by atoms with E-state index in [9.17, 15) is 5.11 Å². The Hall–Kier alpha value is -1.17. The van der Waals surface area contributed by atoms with Crippen molar-refractivity contribution >= 4 is 5.82 Å². The maximum absolute atomic E-state index is 9.38. The van der Waals surface area contributed by atoms with Crippen molar-refractivity contribution in [2.24, 2.45) is 0 Å². The fourth-order valence-corrected chi connectivity index (χ4v) is 1.87. The van der Waals surface area contributed by atoms with Crippen molar-refractivity contribution < 1.29 is 14.6 Å². The van der Waals surface area contributed by atoms with Crippen LogP contribution in [0.25, 0.3) is 0 Å². The fourth-order valence-electron chi connectivity index (χ4n) is 1.87. The molecule has 1 unspecified atom stereocenters. The van der Waals surface area contributed by atoms with E-state index in [1.165, 1.54) is 0 Å². The number of hydrogen-bond donors (Lipinski definition) is 1. The molecule has 102 valence electrons. The SMILES string of the molecule is COCCN(c1ncccc1CO)C(C)COC. The van der Waals surface area contributed by atoms with Crippen LogP contribution in [0.3, 0.4) is 0 Å². The molecule has 1 heterocycles. The number of aromatic nitrogens is 1. The van der Waals surface area contributed by atoms with E-state index in [0.29, 0.717) is 19.8 Å². The van der Waals surface area contributed by atoms with Gasteiger partial charge in [0.25, 0.3) is 0 Å². The highest BCUT2D eigenvalue weighted by molar-refractivity contribution is 5.47. The smallest absolute Gasteiger partial charge is 0.134 e. The third-order valence-electron chi connectivity index (χ3n) is 2.79. The maximum Gasteiger partial charge on any atom is 0.134 e. The van der Waals surface area contributed by atoms with Crippen molar-refractivity contribution in [2.45, 2.75) is 19.6 Å². The summed E-state index contributed by atoms with van der Waals surface area (Å²) in [5, 5.41) is 9.38. The summed E-state index contributed by atoms with van der Waals surface area (Å²) in [6, 6.07) is 3.87. The molecule has 0 aliphatic rings. The number of ether oxygens (including phenoxy) is 2. The summed E-state index contributed by atoms with van der Waals surface area (Å²) in [7, 11) is 3.35. The molecular weight excluding hydrogens is 232 g/mol. The molecule has 0 spiro atoms. The highest BCUT2D eigenvalue weighted by atomic mass is 16.5. The van der Waals surface area contributed by atoms with Gasteiger partial charge in [-0.2, -0.15) is 0 Å². The molecule has 0 radical (unpaired) electrons. The number of rotatable bonds is 8. The van der Waals surface area contributed by atoms with Gasteiger partial charge < -0.3 is 19.5 Å². The minimum Gasteiger partial charge on any atom is -0.392 e. The van der Waals surface area contributed by atoms with Crippen LogP contribution in [0.1, 0.15) is 12.5 Å². The number of nitrogens with zero attached hydrogens (tertiary/aromatic N) is 2. The molecular formula is C13H22N2O3. The first kappa shape index (κ1) is 14.9. The highest BCUT2D eigenvalue weighted by Crippen LogP contribution is 2.19. The molecule has 0 amide bonds. The van der Waals surface area contributed by atoms with Crippen LogP contribution < -0.4 is 4.90 Å². The van der Waals surface area contributed by atoms with E-state index in [1.54, 1.807) is 20.4 Å². The van der Waals surface area contributed by atoms with Crippen LogP contribution >= 0.6 is 0 Å². The largest absolute Gasteiger partial charge is 0.392 e. The second-order valence-corrected chi connectivity index (χ2v) is 4.13. The Morgan fingerprint density at radius 2 is 2.17 bits per heavy atom. The van der Waals surface area contributed by atoms with E-state index < -0.39 is 0 Å². The van der Waals surface area contributed by atoms with Crippen molar-refractivity contribution in [2.75, 3.05) is 38.9 Å². The molecule has 0 aromatic carbocycles. The van der Waals surface area contributed by atoms with E-state index in [1.807, 2.05) is 12.1 Å². The van der Waals surface area contributed by atoms with Crippen molar-refractivity contribution in [3.63, 3.8) is 0 Å². The Bertz CT molecular complexity index is 347. The van der Waals surface area contributed by atoms with Gasteiger partial charge in [0.05, 0.1) is 25.9 Å². The normalized spacial score (nSPS) is 12.4. The third-order valence-corrected chi connectivity index (χ3v) is 2.79. The Labute approximate surface area is 108 Å². The summed E-state index contributed by atoms with van der Waals surface area (Å²) in [5.74, 6) is 0.793. The van der Waals surface area contributed by atoms with Crippen molar-refractivity contribution in [1.29, 1.82) is 0 Å². The summed E-state index contributed by atoms with van der Waals surface area (Å²) in [6.45, 7) is 3.97. The molecule has 0 aliphatic carbocycles. The zero-order valence-electron chi connectivity index (χ0n) is 11.3. The van der Waals surface area contributed by atoms with Gasteiger partial charge in [0.15, 0.2) is 0 Å². The molecule has 0 saturated heterocycles. The lowest BCUT2D eigenvalue weighted by Crippen LogP contribution is -2.39. The summed E-state index contributed by atoms with van der Waals surface area (Å²) in [6.07, 6.45) is 1.73. The minimum atomic E-state index is -0.0215. The number of aliphatic hydroxyl groups excluding tert-OH is 1. The summed E-state index contributed by atoms with van der Waals surface area (Å²) < 4.78 is 10.3. The maximum atomic E-state index is 9.38. The average Bonchev–Trinajstić information content (AvgIpc) is 2.40. The third kappa shape index (κ3) is 3.94. The monoisotopic (exact) mass is 254 g/mol. The molecule has 0 fully saturated rings. The van der Waals surface area contributed by atoms with Gasteiger partial charge in [-0.1, -0.05) is 6.07 Å². The van der Waals surface area contributed by atoms with Crippen LogP contribution in [-0.4, -0.2) is 50.1 Å². The Balaban J connectivity index is 2.92. The van der Waals surface area contributed by atoms with Crippen LogP contribution in [0.5, 0.6) is 0 Å². The molecule has 1 rings (SSSR count). The van der Waals surface area contributed by atoms with Crippen molar-refractivity contribution in [1.82, 2.24) is 4.98 Å². The van der Waals surface area contributed by atoms with E-state index in [0.717, 1.165) is 11.4 Å². The molecule has 1 N–H and O–H groups in total. The van der Waals surface area contributed by atoms with Gasteiger partial charge in [-0.05, 0) is 13.0 Å². The first-order valence-corrected chi connectivity index (χ1v) is 6.03. The predicted octanol–water partition coefficient (Wildman–Crippen LogP) is 1.06. The van der Waals surface area contributed by atoms with Crippen LogP contribution in [0.2, 0.25) is 0 Å². The number of pyridine rings is 1. The Kier molecular flexibility index (Phi) is 6.64. The molecule has 1 atom stereocenters. The predicted molar refractivity (Wildman–Crippen MR) is 70.7 cm³/mol. The van der Waals surface area contributed by atoms with Crippen LogP contribution in [-0.2, 0) is 16.1 Å². The lowest BCUT2D eigenvalue weighted by molar-refractivity contribution is 0.170. The van der Waals surface area contributed by atoms with Crippen LogP contribution in [0.15, 0.2) is 18.3 Å². The summed E-state index contributed by atoms with van der Waals surface area (Å²) >= 11 is 0. The zero-order chi connectivity index (χ0) is 13.4. The average molecular weight is 254 g/mol. The molecule has 0 aliphatic heterocycles. The topological polar surface area (TPSA) is 54.8 Å². The van der Waals surface area contributed by atoms with Gasteiger partial charge in [0, 0.05) is 32.5 Å². The van der Waals surface area contributed by atoms with Gasteiger partial charge in [-0.15, -0.1) is 0 Å². The second-order valence-electron chi connectivity index (χ2n) is 4.13. The number of anilines is 1. The quantitative estimate of drug-likeness (QED) is 0.752. The molecule has 1 aromatic rings. The van der Waals surface area contributed by atoms with Crippen molar-refractivity contribution in [3.8, 4) is 0 Å². The van der Waals surface area contributed by atoms with Gasteiger partial charge >= 0.3 is 0 Å². The van der Waals surface area contributed by atoms with Crippen molar-refractivity contribution in [3.05, 3.63) is 23.9 Å². The van der Waals surface area contributed by atoms with Crippen LogP contribution in [0.4, 0.5) is 5.82 Å². The lowest BCUT2D eigenvalue weighted by Gasteiger charge is -2.31. The lowest BCUT2D eigenvalue weighted by atomic mass is 10.2. The highest BCUT2D eigenvalue weighted by Gasteiger charge is 2.18. The molecule has 1 aromatic heterocycles. The van der Waals surface area contributed by atoms with E-state index in [2.05, 4.69) is 16.8 Å². The molecule has 0 bridgehead atoms. The second kappa shape index (κ2) is 8.02. The van der Waals surface area contributed by atoms with Gasteiger partial charge in [-0.3, -0.25) is 0 Å². The Morgan fingerprint density at radius 3 is 2.78 bits per heavy atom. The first-order chi connectivity index (χ1) is 8.74. The number of methoxy groups -OCH3 is 2. The van der Waals surface area contributed by atoms with Gasteiger partial charge in [-0.25, -0.2) is 4.98 Å². The number of aliphatic hydroxyl groups is 1. The molecule has 18 heavy (non-hydrogen) atoms. The van der Waals surface area contributed by atoms with E-state index in [4.69, 9.17) is 9.47 Å². The molecule has 5 heteroatoms. The molecule has 5 nitrogen and oxygen atoms in total. The standard InChI is InChI=1S/C13H22N2O3/c1-11(10-18-3)15(7-8-17-2)13-12(9-16)5-4-6-14-13/h4-6,11,16H,7-10H2,1-3H3. The molecule has 0 saturated carbocycles. The fraction of sp³-hybridized carbons (Fsp3) is 0.615. The minimum absolute atomic E-state index is 0.0215. The van der Waals surface area contributed by atoms with E-state index >= 15 is 0 Å². The van der Waals surface area contributed by atoms with Gasteiger partial charge in [0.2, 0.25) is 0 Å². The summed E-state index contributed by atoms with van der Waals surface area (Å²) in [4.78, 5) is 6.46.